The van der Waals surface area contributed by atoms with Crippen molar-refractivity contribution in [3.05, 3.63) is 38.9 Å². The Bertz CT molecular complexity index is 713. The van der Waals surface area contributed by atoms with Gasteiger partial charge in [-0.25, -0.2) is 4.79 Å². The summed E-state index contributed by atoms with van der Waals surface area (Å²) >= 11 is 0. The Balaban J connectivity index is 1.82. The van der Waals surface area contributed by atoms with Crippen LogP contribution in [0.3, 0.4) is 0 Å². The minimum absolute atomic E-state index is 0.0800. The Labute approximate surface area is 120 Å². The molecule has 112 valence electrons. The van der Waals surface area contributed by atoms with Gasteiger partial charge in [0, 0.05) is 12.1 Å². The lowest BCUT2D eigenvalue weighted by atomic mass is 9.96. The van der Waals surface area contributed by atoms with Crippen molar-refractivity contribution in [1.29, 1.82) is 0 Å². The molecule has 0 atom stereocenters. The van der Waals surface area contributed by atoms with Crippen LogP contribution in [0.1, 0.15) is 32.1 Å². The second kappa shape index (κ2) is 5.69. The number of hydrogen-bond donors (Lipinski definition) is 1. The number of fused-ring (bicyclic) bond motifs is 1. The van der Waals surface area contributed by atoms with Crippen molar-refractivity contribution in [2.75, 3.05) is 0 Å². The van der Waals surface area contributed by atoms with E-state index in [1.54, 1.807) is 6.07 Å². The highest BCUT2D eigenvalue weighted by molar-refractivity contribution is 5.75. The molecule has 0 spiro atoms. The molecule has 0 bridgehead atoms. The fraction of sp³-hybridized carbons (Fsp3) is 0.500. The number of rotatable bonds is 4. The van der Waals surface area contributed by atoms with E-state index in [4.69, 9.17) is 4.42 Å². The highest BCUT2D eigenvalue weighted by Crippen LogP contribution is 2.20. The number of nitrogens with zero attached hydrogens (tertiary/aromatic N) is 2. The van der Waals surface area contributed by atoms with Crippen LogP contribution in [0, 0.1) is 10.1 Å². The van der Waals surface area contributed by atoms with Gasteiger partial charge in [-0.15, -0.1) is 0 Å². The molecule has 1 saturated carbocycles. The Kier molecular flexibility index (Phi) is 3.74. The van der Waals surface area contributed by atoms with Gasteiger partial charge in [0.25, 0.3) is 5.69 Å². The third-order valence-electron chi connectivity index (χ3n) is 4.01. The van der Waals surface area contributed by atoms with Gasteiger partial charge in [0.2, 0.25) is 0 Å². The summed E-state index contributed by atoms with van der Waals surface area (Å²) in [6.07, 6.45) is 5.94. The van der Waals surface area contributed by atoms with E-state index in [0.717, 1.165) is 12.8 Å². The fourth-order valence-corrected chi connectivity index (χ4v) is 2.85. The maximum Gasteiger partial charge on any atom is 0.421 e. The summed E-state index contributed by atoms with van der Waals surface area (Å²) < 4.78 is 6.57. The molecule has 1 aliphatic rings. The Hall–Kier alpha value is -2.15. The van der Waals surface area contributed by atoms with E-state index in [-0.39, 0.29) is 11.3 Å². The van der Waals surface area contributed by atoms with Crippen molar-refractivity contribution in [2.24, 2.45) is 0 Å². The Morgan fingerprint density at radius 3 is 2.81 bits per heavy atom. The van der Waals surface area contributed by atoms with Crippen molar-refractivity contribution >= 4 is 16.8 Å². The number of nitro benzene ring substituents is 1. The molecular formula is C14H17N3O4. The number of benzene rings is 1. The third kappa shape index (κ3) is 2.82. The van der Waals surface area contributed by atoms with E-state index in [1.807, 2.05) is 0 Å². The van der Waals surface area contributed by atoms with E-state index in [1.165, 1.54) is 36.0 Å². The molecule has 0 radical (unpaired) electrons. The molecule has 1 aromatic carbocycles. The standard InChI is InChI=1S/C14H17N3O4/c18-14-16(9-15-10-4-2-1-3-5-10)12-7-6-11(17(19)20)8-13(12)21-14/h6-8,10,15H,1-5,9H2. The number of nitrogens with one attached hydrogen (secondary N) is 1. The predicted molar refractivity (Wildman–Crippen MR) is 77.1 cm³/mol. The number of nitro groups is 1. The Morgan fingerprint density at radius 2 is 2.10 bits per heavy atom. The first-order valence-electron chi connectivity index (χ1n) is 7.16. The summed E-state index contributed by atoms with van der Waals surface area (Å²) in [5, 5.41) is 14.1. The fourth-order valence-electron chi connectivity index (χ4n) is 2.85. The largest absolute Gasteiger partial charge is 0.421 e. The van der Waals surface area contributed by atoms with Crippen LogP contribution in [0.2, 0.25) is 0 Å². The molecule has 7 nitrogen and oxygen atoms in total. The summed E-state index contributed by atoms with van der Waals surface area (Å²) in [7, 11) is 0. The highest BCUT2D eigenvalue weighted by Gasteiger charge is 2.16. The van der Waals surface area contributed by atoms with Crippen molar-refractivity contribution in [3.8, 4) is 0 Å². The normalized spacial score (nSPS) is 16.4. The van der Waals surface area contributed by atoms with Gasteiger partial charge in [-0.05, 0) is 18.9 Å². The SMILES string of the molecule is O=c1oc2cc([N+](=O)[O-])ccc2n1CNC1CCCCC1. The van der Waals surface area contributed by atoms with Crippen molar-refractivity contribution in [3.63, 3.8) is 0 Å². The van der Waals surface area contributed by atoms with Crippen LogP contribution >= 0.6 is 0 Å². The van der Waals surface area contributed by atoms with Gasteiger partial charge < -0.3 is 4.42 Å². The van der Waals surface area contributed by atoms with Gasteiger partial charge in [-0.2, -0.15) is 0 Å². The van der Waals surface area contributed by atoms with Crippen molar-refractivity contribution in [1.82, 2.24) is 9.88 Å². The molecule has 0 aliphatic heterocycles. The smallest absolute Gasteiger partial charge is 0.407 e. The molecule has 0 amide bonds. The summed E-state index contributed by atoms with van der Waals surface area (Å²) in [5.41, 5.74) is 0.747. The lowest BCUT2D eigenvalue weighted by Gasteiger charge is -2.22. The number of aromatic nitrogens is 1. The maximum absolute atomic E-state index is 11.9. The zero-order valence-corrected chi connectivity index (χ0v) is 11.6. The van der Waals surface area contributed by atoms with Gasteiger partial charge in [-0.1, -0.05) is 19.3 Å². The van der Waals surface area contributed by atoms with Crippen LogP contribution in [-0.4, -0.2) is 15.5 Å². The number of non-ortho nitro benzene ring substituents is 1. The molecule has 0 unspecified atom stereocenters. The van der Waals surface area contributed by atoms with Crippen molar-refractivity contribution < 1.29 is 9.34 Å². The first-order valence-corrected chi connectivity index (χ1v) is 7.16. The van der Waals surface area contributed by atoms with Crippen LogP contribution in [0.25, 0.3) is 11.1 Å². The van der Waals surface area contributed by atoms with E-state index in [0.29, 0.717) is 18.2 Å². The second-order valence-corrected chi connectivity index (χ2v) is 5.40. The number of hydrogen-bond acceptors (Lipinski definition) is 5. The summed E-state index contributed by atoms with van der Waals surface area (Å²) in [4.78, 5) is 22.1. The van der Waals surface area contributed by atoms with E-state index in [9.17, 15) is 14.9 Å². The molecule has 1 aromatic heterocycles. The van der Waals surface area contributed by atoms with Crippen LogP contribution in [0.5, 0.6) is 0 Å². The molecule has 1 fully saturated rings. The summed E-state index contributed by atoms with van der Waals surface area (Å²) in [6.45, 7) is 0.369. The average Bonchev–Trinajstić information content (AvgIpc) is 2.80. The minimum Gasteiger partial charge on any atom is -0.407 e. The molecule has 3 rings (SSSR count). The minimum atomic E-state index is -0.503. The van der Waals surface area contributed by atoms with Gasteiger partial charge in [0.15, 0.2) is 5.58 Å². The predicted octanol–water partition coefficient (Wildman–Crippen LogP) is 2.38. The van der Waals surface area contributed by atoms with Crippen LogP contribution in [0.4, 0.5) is 5.69 Å². The lowest BCUT2D eigenvalue weighted by Crippen LogP contribution is -2.35. The molecule has 2 aromatic rings. The molecule has 0 saturated heterocycles. The third-order valence-corrected chi connectivity index (χ3v) is 4.01. The monoisotopic (exact) mass is 291 g/mol. The quantitative estimate of drug-likeness (QED) is 0.690. The van der Waals surface area contributed by atoms with Gasteiger partial charge in [0.1, 0.15) is 0 Å². The van der Waals surface area contributed by atoms with Crippen LogP contribution in [-0.2, 0) is 6.67 Å². The van der Waals surface area contributed by atoms with E-state index in [2.05, 4.69) is 5.32 Å². The molecule has 21 heavy (non-hydrogen) atoms. The molecular weight excluding hydrogens is 274 g/mol. The van der Waals surface area contributed by atoms with Gasteiger partial charge in [-0.3, -0.25) is 20.0 Å². The molecule has 1 N–H and O–H groups in total. The molecule has 7 heteroatoms. The average molecular weight is 291 g/mol. The topological polar surface area (TPSA) is 90.3 Å². The molecule has 1 heterocycles. The first-order chi connectivity index (χ1) is 10.1. The Morgan fingerprint density at radius 1 is 1.33 bits per heavy atom. The summed E-state index contributed by atoms with van der Waals surface area (Å²) in [6, 6.07) is 4.65. The lowest BCUT2D eigenvalue weighted by molar-refractivity contribution is -0.384. The van der Waals surface area contributed by atoms with Crippen LogP contribution < -0.4 is 11.1 Å². The van der Waals surface area contributed by atoms with Crippen LogP contribution in [0.15, 0.2) is 27.4 Å². The second-order valence-electron chi connectivity index (χ2n) is 5.40. The number of oxazole rings is 1. The van der Waals surface area contributed by atoms with Crippen molar-refractivity contribution in [2.45, 2.75) is 44.8 Å². The highest BCUT2D eigenvalue weighted by atomic mass is 16.6. The molecule has 1 aliphatic carbocycles. The van der Waals surface area contributed by atoms with Gasteiger partial charge in [0.05, 0.1) is 23.2 Å². The maximum atomic E-state index is 11.9. The van der Waals surface area contributed by atoms with E-state index >= 15 is 0 Å². The summed E-state index contributed by atoms with van der Waals surface area (Å²) in [5.74, 6) is -0.492. The zero-order valence-electron chi connectivity index (χ0n) is 11.6. The van der Waals surface area contributed by atoms with E-state index < -0.39 is 10.7 Å². The van der Waals surface area contributed by atoms with Gasteiger partial charge >= 0.3 is 5.76 Å². The zero-order chi connectivity index (χ0) is 14.8. The first kappa shape index (κ1) is 13.8.